The van der Waals surface area contributed by atoms with E-state index in [0.29, 0.717) is 18.0 Å². The highest BCUT2D eigenvalue weighted by molar-refractivity contribution is 7.64. The average molecular weight is 346 g/mol. The predicted octanol–water partition coefficient (Wildman–Crippen LogP) is 5.66. The minimum Gasteiger partial charge on any atom is -0.370 e. The van der Waals surface area contributed by atoms with Gasteiger partial charge < -0.3 is 10.3 Å². The minimum atomic E-state index is -2.30. The summed E-state index contributed by atoms with van der Waals surface area (Å²) in [5, 5.41) is 0. The van der Waals surface area contributed by atoms with E-state index in [1.54, 1.807) is 0 Å². The van der Waals surface area contributed by atoms with Crippen LogP contribution >= 0.6 is 7.14 Å². The Morgan fingerprint density at radius 1 is 0.913 bits per heavy atom. The van der Waals surface area contributed by atoms with Crippen molar-refractivity contribution in [2.45, 2.75) is 85.5 Å². The average Bonchev–Trinajstić information content (AvgIpc) is 2.53. The predicted molar refractivity (Wildman–Crippen MR) is 103 cm³/mol. The molecule has 0 fully saturated rings. The van der Waals surface area contributed by atoms with Gasteiger partial charge in [-0.15, -0.1) is 0 Å². The molecule has 0 saturated heterocycles. The monoisotopic (exact) mass is 345 g/mol. The number of nitrogens with two attached hydrogens (primary N) is 1. The fourth-order valence-corrected chi connectivity index (χ4v) is 7.25. The van der Waals surface area contributed by atoms with Gasteiger partial charge in [0.1, 0.15) is 0 Å². The number of amides is 1. The van der Waals surface area contributed by atoms with Crippen LogP contribution in [0.1, 0.15) is 85.5 Å². The van der Waals surface area contributed by atoms with E-state index in [0.717, 1.165) is 25.2 Å². The highest BCUT2D eigenvalue weighted by Gasteiger charge is 2.29. The second kappa shape index (κ2) is 13.0. The second-order valence-electron chi connectivity index (χ2n) is 7.20. The molecular weight excluding hydrogens is 305 g/mol. The number of unbranched alkanes of at least 4 members (excludes halogenated alkanes) is 2. The van der Waals surface area contributed by atoms with E-state index in [9.17, 15) is 9.36 Å². The summed E-state index contributed by atoms with van der Waals surface area (Å²) in [4.78, 5) is 11.2. The van der Waals surface area contributed by atoms with Crippen molar-refractivity contribution in [2.75, 3.05) is 18.5 Å². The van der Waals surface area contributed by atoms with E-state index in [-0.39, 0.29) is 12.3 Å². The number of rotatable bonds is 15. The molecule has 2 atom stereocenters. The first-order chi connectivity index (χ1) is 10.9. The van der Waals surface area contributed by atoms with Crippen molar-refractivity contribution < 1.29 is 9.36 Å². The molecule has 0 heterocycles. The van der Waals surface area contributed by atoms with Crippen LogP contribution in [0.3, 0.4) is 0 Å². The molecule has 0 rings (SSSR count). The molecule has 0 aromatic rings. The standard InChI is InChI=1S/C19H40NO2P/c1-5-9-11-17(7-3)15-23(22,14-13-19(20)21)16-18(8-4)12-10-6-2/h17-18H,5-16H2,1-4H3,(H2,20,21). The summed E-state index contributed by atoms with van der Waals surface area (Å²) in [6, 6.07) is 0. The van der Waals surface area contributed by atoms with Crippen LogP contribution in [-0.2, 0) is 9.36 Å². The van der Waals surface area contributed by atoms with Gasteiger partial charge in [-0.2, -0.15) is 0 Å². The quantitative estimate of drug-likeness (QED) is 0.389. The molecule has 0 aromatic carbocycles. The van der Waals surface area contributed by atoms with Crippen molar-refractivity contribution in [2.24, 2.45) is 17.6 Å². The lowest BCUT2D eigenvalue weighted by molar-refractivity contribution is -0.117. The fraction of sp³-hybridized carbons (Fsp3) is 0.947. The topological polar surface area (TPSA) is 60.2 Å². The summed E-state index contributed by atoms with van der Waals surface area (Å²) in [5.74, 6) is 0.767. The zero-order valence-electron chi connectivity index (χ0n) is 16.0. The van der Waals surface area contributed by atoms with Crippen LogP contribution in [0.15, 0.2) is 0 Å². The number of carbonyl (C=O) groups excluding carboxylic acids is 1. The highest BCUT2D eigenvalue weighted by Crippen LogP contribution is 2.51. The number of hydrogen-bond donors (Lipinski definition) is 1. The van der Waals surface area contributed by atoms with Gasteiger partial charge in [-0.1, -0.05) is 79.1 Å². The minimum absolute atomic E-state index is 0.283. The van der Waals surface area contributed by atoms with Gasteiger partial charge in [0.25, 0.3) is 0 Å². The van der Waals surface area contributed by atoms with Gasteiger partial charge in [0.15, 0.2) is 0 Å². The van der Waals surface area contributed by atoms with E-state index in [1.165, 1.54) is 38.5 Å². The SMILES string of the molecule is CCCCC(CC)CP(=O)(CCC(N)=O)CC(CC)CCCC. The zero-order chi connectivity index (χ0) is 17.7. The van der Waals surface area contributed by atoms with Crippen molar-refractivity contribution in [1.29, 1.82) is 0 Å². The molecule has 0 aliphatic rings. The lowest BCUT2D eigenvalue weighted by Crippen LogP contribution is -2.19. The molecule has 23 heavy (non-hydrogen) atoms. The van der Waals surface area contributed by atoms with Gasteiger partial charge in [-0.05, 0) is 11.8 Å². The maximum absolute atomic E-state index is 13.6. The molecule has 1 amide bonds. The first kappa shape index (κ1) is 22.7. The molecule has 2 unspecified atom stereocenters. The Morgan fingerprint density at radius 2 is 1.35 bits per heavy atom. The van der Waals surface area contributed by atoms with E-state index < -0.39 is 7.14 Å². The maximum Gasteiger partial charge on any atom is 0.217 e. The Bertz CT molecular complexity index is 335. The highest BCUT2D eigenvalue weighted by atomic mass is 31.2. The van der Waals surface area contributed by atoms with E-state index in [2.05, 4.69) is 27.7 Å². The summed E-state index contributed by atoms with van der Waals surface area (Å²) < 4.78 is 13.6. The van der Waals surface area contributed by atoms with Gasteiger partial charge >= 0.3 is 0 Å². The Balaban J connectivity index is 4.90. The molecule has 0 aliphatic heterocycles. The van der Waals surface area contributed by atoms with Crippen LogP contribution in [0.4, 0.5) is 0 Å². The van der Waals surface area contributed by atoms with E-state index in [1.807, 2.05) is 0 Å². The third kappa shape index (κ3) is 11.0. The third-order valence-corrected chi connectivity index (χ3v) is 8.44. The second-order valence-corrected chi connectivity index (χ2v) is 10.5. The van der Waals surface area contributed by atoms with Crippen molar-refractivity contribution >= 4 is 13.0 Å². The van der Waals surface area contributed by atoms with Gasteiger partial charge in [-0.25, -0.2) is 0 Å². The molecule has 2 N–H and O–H groups in total. The Kier molecular flexibility index (Phi) is 12.9. The van der Waals surface area contributed by atoms with Crippen LogP contribution in [0.5, 0.6) is 0 Å². The molecule has 0 saturated carbocycles. The summed E-state index contributed by atoms with van der Waals surface area (Å²) in [6.07, 6.45) is 11.8. The van der Waals surface area contributed by atoms with Gasteiger partial charge in [0.05, 0.1) is 7.14 Å². The van der Waals surface area contributed by atoms with Crippen molar-refractivity contribution in [3.8, 4) is 0 Å². The summed E-state index contributed by atoms with van der Waals surface area (Å²) in [7, 11) is -2.30. The molecule has 0 spiro atoms. The number of hydrogen-bond acceptors (Lipinski definition) is 2. The lowest BCUT2D eigenvalue weighted by atomic mass is 10.0. The smallest absolute Gasteiger partial charge is 0.217 e. The summed E-state index contributed by atoms with van der Waals surface area (Å²) in [6.45, 7) is 8.81. The third-order valence-electron chi connectivity index (χ3n) is 5.03. The molecule has 3 nitrogen and oxygen atoms in total. The largest absolute Gasteiger partial charge is 0.370 e. The van der Waals surface area contributed by atoms with Gasteiger partial charge in [-0.3, -0.25) is 4.79 Å². The Morgan fingerprint density at radius 3 is 1.65 bits per heavy atom. The van der Waals surface area contributed by atoms with Crippen LogP contribution in [-0.4, -0.2) is 24.4 Å². The summed E-state index contributed by atoms with van der Waals surface area (Å²) >= 11 is 0. The molecule has 138 valence electrons. The normalized spacial score (nSPS) is 16.7. The van der Waals surface area contributed by atoms with Gasteiger partial charge in [0.2, 0.25) is 5.91 Å². The molecule has 0 radical (unpaired) electrons. The van der Waals surface area contributed by atoms with Gasteiger partial charge in [0, 0.05) is 24.9 Å². The fourth-order valence-electron chi connectivity index (χ4n) is 3.35. The Labute approximate surface area is 144 Å². The molecule has 0 aromatic heterocycles. The van der Waals surface area contributed by atoms with Crippen LogP contribution < -0.4 is 5.73 Å². The van der Waals surface area contributed by atoms with Crippen LogP contribution in [0.25, 0.3) is 0 Å². The van der Waals surface area contributed by atoms with Crippen LogP contribution in [0.2, 0.25) is 0 Å². The molecular formula is C19H40NO2P. The number of carbonyl (C=O) groups is 1. The molecule has 0 aliphatic carbocycles. The van der Waals surface area contributed by atoms with E-state index in [4.69, 9.17) is 5.73 Å². The molecule has 0 bridgehead atoms. The van der Waals surface area contributed by atoms with Crippen LogP contribution in [0, 0.1) is 11.8 Å². The van der Waals surface area contributed by atoms with Crippen molar-refractivity contribution in [1.82, 2.24) is 0 Å². The first-order valence-electron chi connectivity index (χ1n) is 9.76. The molecule has 4 heteroatoms. The summed E-state index contributed by atoms with van der Waals surface area (Å²) in [5.41, 5.74) is 5.33. The first-order valence-corrected chi connectivity index (χ1v) is 12.0. The maximum atomic E-state index is 13.6. The Hall–Kier alpha value is -0.300. The van der Waals surface area contributed by atoms with E-state index >= 15 is 0 Å². The van der Waals surface area contributed by atoms with Crippen molar-refractivity contribution in [3.63, 3.8) is 0 Å². The van der Waals surface area contributed by atoms with Crippen molar-refractivity contribution in [3.05, 3.63) is 0 Å². The lowest BCUT2D eigenvalue weighted by Gasteiger charge is -2.27. The zero-order valence-corrected chi connectivity index (χ0v) is 16.9. The number of primary amides is 1.